The van der Waals surface area contributed by atoms with Crippen molar-refractivity contribution in [1.82, 2.24) is 5.32 Å². The maximum atomic E-state index is 11.8. The van der Waals surface area contributed by atoms with Gasteiger partial charge in [0.15, 0.2) is 0 Å². The number of nitrogens with two attached hydrogens (primary N) is 1. The second-order valence-electron chi connectivity index (χ2n) is 5.07. The molecule has 5 nitrogen and oxygen atoms in total. The van der Waals surface area contributed by atoms with Crippen LogP contribution in [0.3, 0.4) is 0 Å². The lowest BCUT2D eigenvalue weighted by Crippen LogP contribution is -2.28. The van der Waals surface area contributed by atoms with E-state index in [-0.39, 0.29) is 17.9 Å². The lowest BCUT2D eigenvalue weighted by atomic mass is 10.1. The first-order chi connectivity index (χ1) is 9.61. The van der Waals surface area contributed by atoms with Gasteiger partial charge >= 0.3 is 0 Å². The van der Waals surface area contributed by atoms with Crippen molar-refractivity contribution in [2.75, 3.05) is 18.0 Å². The van der Waals surface area contributed by atoms with Gasteiger partial charge in [0.1, 0.15) is 0 Å². The minimum Gasteiger partial charge on any atom is -0.350 e. The highest BCUT2D eigenvalue weighted by molar-refractivity contribution is 5.95. The van der Waals surface area contributed by atoms with Gasteiger partial charge in [0, 0.05) is 31.6 Å². The molecule has 1 aliphatic rings. The van der Waals surface area contributed by atoms with Crippen LogP contribution >= 0.6 is 0 Å². The molecular weight excluding hydrogens is 254 g/mol. The van der Waals surface area contributed by atoms with Crippen molar-refractivity contribution in [1.29, 1.82) is 0 Å². The predicted molar refractivity (Wildman–Crippen MR) is 78.3 cm³/mol. The first-order valence-corrected chi connectivity index (χ1v) is 7.01. The summed E-state index contributed by atoms with van der Waals surface area (Å²) in [4.78, 5) is 25.1. The van der Waals surface area contributed by atoms with Gasteiger partial charge in [-0.3, -0.25) is 9.59 Å². The Kier molecular flexibility index (Phi) is 4.74. The summed E-state index contributed by atoms with van der Waals surface area (Å²) in [5, 5.41) is 2.90. The molecule has 0 spiro atoms. The van der Waals surface area contributed by atoms with Crippen LogP contribution < -0.4 is 16.0 Å². The Morgan fingerprint density at radius 2 is 2.30 bits per heavy atom. The average molecular weight is 275 g/mol. The average Bonchev–Trinajstić information content (AvgIpc) is 2.85. The molecule has 0 saturated carbocycles. The Bertz CT molecular complexity index is 502. The van der Waals surface area contributed by atoms with Gasteiger partial charge in [-0.25, -0.2) is 0 Å². The van der Waals surface area contributed by atoms with Crippen molar-refractivity contribution >= 4 is 17.5 Å². The van der Waals surface area contributed by atoms with Crippen LogP contribution in [0.15, 0.2) is 24.3 Å². The quantitative estimate of drug-likeness (QED) is 0.851. The maximum Gasteiger partial charge on any atom is 0.227 e. The van der Waals surface area contributed by atoms with E-state index in [2.05, 4.69) is 5.32 Å². The number of hydrogen-bond acceptors (Lipinski definition) is 3. The molecule has 1 fully saturated rings. The zero-order chi connectivity index (χ0) is 14.5. The Hall–Kier alpha value is -1.88. The third-order valence-electron chi connectivity index (χ3n) is 3.50. The van der Waals surface area contributed by atoms with Crippen molar-refractivity contribution < 1.29 is 9.59 Å². The molecule has 1 aromatic carbocycles. The molecule has 1 unspecified atom stereocenters. The molecule has 0 aromatic heterocycles. The molecule has 0 bridgehead atoms. The van der Waals surface area contributed by atoms with Gasteiger partial charge in [0.25, 0.3) is 0 Å². The van der Waals surface area contributed by atoms with E-state index in [0.29, 0.717) is 19.4 Å². The predicted octanol–water partition coefficient (Wildman–Crippen LogP) is 1.34. The lowest BCUT2D eigenvalue weighted by Gasteiger charge is -2.19. The minimum atomic E-state index is -0.0910. The number of carbonyl (C=O) groups is 2. The van der Waals surface area contributed by atoms with E-state index in [1.54, 1.807) is 4.90 Å². The topological polar surface area (TPSA) is 75.4 Å². The van der Waals surface area contributed by atoms with Gasteiger partial charge in [0.2, 0.25) is 11.8 Å². The van der Waals surface area contributed by atoms with Crippen LogP contribution in [-0.2, 0) is 9.59 Å². The number of carbonyl (C=O) groups excluding carboxylic acids is 2. The fraction of sp³-hybridized carbons (Fsp3) is 0.467. The van der Waals surface area contributed by atoms with Crippen molar-refractivity contribution in [3.63, 3.8) is 0 Å². The smallest absolute Gasteiger partial charge is 0.227 e. The standard InChI is InChI=1S/C15H21N3O2/c1-11(17-14(19)7-8-16)12-4-2-5-13(10-12)18-9-3-6-15(18)20/h2,4-5,10-11H,3,6-9,16H2,1H3,(H,17,19). The molecule has 1 saturated heterocycles. The highest BCUT2D eigenvalue weighted by Gasteiger charge is 2.22. The normalized spacial score (nSPS) is 16.3. The number of hydrogen-bond donors (Lipinski definition) is 2. The fourth-order valence-electron chi connectivity index (χ4n) is 2.41. The van der Waals surface area contributed by atoms with Crippen molar-refractivity contribution in [2.24, 2.45) is 5.73 Å². The van der Waals surface area contributed by atoms with E-state index in [4.69, 9.17) is 5.73 Å². The summed E-state index contributed by atoms with van der Waals surface area (Å²) in [6.45, 7) is 3.05. The van der Waals surface area contributed by atoms with Crippen molar-refractivity contribution in [3.05, 3.63) is 29.8 Å². The minimum absolute atomic E-state index is 0.0531. The van der Waals surface area contributed by atoms with Gasteiger partial charge in [-0.2, -0.15) is 0 Å². The first-order valence-electron chi connectivity index (χ1n) is 7.01. The Balaban J connectivity index is 2.09. The summed E-state index contributed by atoms with van der Waals surface area (Å²) in [5.41, 5.74) is 7.26. The van der Waals surface area contributed by atoms with Crippen LogP contribution in [0.1, 0.15) is 37.8 Å². The highest BCUT2D eigenvalue weighted by atomic mass is 16.2. The summed E-state index contributed by atoms with van der Waals surface area (Å²) in [5.74, 6) is 0.115. The summed E-state index contributed by atoms with van der Waals surface area (Å²) < 4.78 is 0. The Morgan fingerprint density at radius 1 is 1.50 bits per heavy atom. The van der Waals surface area contributed by atoms with Crippen LogP contribution in [0, 0.1) is 0 Å². The number of amides is 2. The molecule has 108 valence electrons. The molecule has 2 rings (SSSR count). The van der Waals surface area contributed by atoms with E-state index < -0.39 is 0 Å². The van der Waals surface area contributed by atoms with Gasteiger partial charge in [-0.05, 0) is 31.0 Å². The first kappa shape index (κ1) is 14.5. The summed E-state index contributed by atoms with van der Waals surface area (Å²) in [7, 11) is 0. The van der Waals surface area contributed by atoms with E-state index in [0.717, 1.165) is 24.2 Å². The molecular formula is C15H21N3O2. The summed E-state index contributed by atoms with van der Waals surface area (Å²) in [6, 6.07) is 7.68. The van der Waals surface area contributed by atoms with E-state index in [1.807, 2.05) is 31.2 Å². The van der Waals surface area contributed by atoms with Crippen molar-refractivity contribution in [3.8, 4) is 0 Å². The highest BCUT2D eigenvalue weighted by Crippen LogP contribution is 2.24. The van der Waals surface area contributed by atoms with Crippen molar-refractivity contribution in [2.45, 2.75) is 32.2 Å². The van der Waals surface area contributed by atoms with Crippen LogP contribution in [0.4, 0.5) is 5.69 Å². The van der Waals surface area contributed by atoms with Gasteiger partial charge < -0.3 is 16.0 Å². The third kappa shape index (κ3) is 3.36. The second-order valence-corrected chi connectivity index (χ2v) is 5.07. The fourth-order valence-corrected chi connectivity index (χ4v) is 2.41. The lowest BCUT2D eigenvalue weighted by molar-refractivity contribution is -0.121. The third-order valence-corrected chi connectivity index (χ3v) is 3.50. The molecule has 20 heavy (non-hydrogen) atoms. The van der Waals surface area contributed by atoms with Gasteiger partial charge in [-0.15, -0.1) is 0 Å². The summed E-state index contributed by atoms with van der Waals surface area (Å²) >= 11 is 0. The molecule has 1 aromatic rings. The van der Waals surface area contributed by atoms with Gasteiger partial charge in [0.05, 0.1) is 6.04 Å². The van der Waals surface area contributed by atoms with Crippen LogP contribution in [0.2, 0.25) is 0 Å². The summed E-state index contributed by atoms with van der Waals surface area (Å²) in [6.07, 6.45) is 1.85. The molecule has 0 radical (unpaired) electrons. The molecule has 5 heteroatoms. The SMILES string of the molecule is CC(NC(=O)CCN)c1cccc(N2CCCC2=O)c1. The zero-order valence-corrected chi connectivity index (χ0v) is 11.8. The van der Waals surface area contributed by atoms with Crippen LogP contribution in [0.25, 0.3) is 0 Å². The molecule has 2 amide bonds. The van der Waals surface area contributed by atoms with Crippen LogP contribution in [0.5, 0.6) is 0 Å². The number of rotatable bonds is 5. The number of benzene rings is 1. The molecule has 1 atom stereocenters. The Labute approximate surface area is 119 Å². The van der Waals surface area contributed by atoms with E-state index in [9.17, 15) is 9.59 Å². The maximum absolute atomic E-state index is 11.8. The van der Waals surface area contributed by atoms with Crippen LogP contribution in [-0.4, -0.2) is 24.9 Å². The second kappa shape index (κ2) is 6.52. The number of nitrogens with one attached hydrogen (secondary N) is 1. The van der Waals surface area contributed by atoms with E-state index in [1.165, 1.54) is 0 Å². The van der Waals surface area contributed by atoms with Gasteiger partial charge in [-0.1, -0.05) is 12.1 Å². The number of anilines is 1. The largest absolute Gasteiger partial charge is 0.350 e. The van der Waals surface area contributed by atoms with E-state index >= 15 is 0 Å². The molecule has 1 heterocycles. The monoisotopic (exact) mass is 275 g/mol. The zero-order valence-electron chi connectivity index (χ0n) is 11.8. The molecule has 1 aliphatic heterocycles. The molecule has 0 aliphatic carbocycles. The number of nitrogens with zero attached hydrogens (tertiary/aromatic N) is 1. The Morgan fingerprint density at radius 3 is 2.95 bits per heavy atom. The molecule has 3 N–H and O–H groups in total.